The highest BCUT2D eigenvalue weighted by atomic mass is 32.2. The monoisotopic (exact) mass is 370 g/mol. The summed E-state index contributed by atoms with van der Waals surface area (Å²) in [5, 5.41) is 11.6. The maximum absolute atomic E-state index is 12.5. The van der Waals surface area contributed by atoms with Crippen LogP contribution in [0.4, 0.5) is 18.9 Å². The second-order valence-electron chi connectivity index (χ2n) is 5.77. The van der Waals surface area contributed by atoms with E-state index < -0.39 is 11.7 Å². The van der Waals surface area contributed by atoms with Crippen molar-refractivity contribution < 1.29 is 18.0 Å². The van der Waals surface area contributed by atoms with Gasteiger partial charge >= 0.3 is 6.18 Å². The highest BCUT2D eigenvalue weighted by molar-refractivity contribution is 7.99. The summed E-state index contributed by atoms with van der Waals surface area (Å²) in [4.78, 5) is 12.0. The molecule has 1 heterocycles. The molecule has 1 aliphatic rings. The van der Waals surface area contributed by atoms with Crippen molar-refractivity contribution in [3.8, 4) is 0 Å². The smallest absolute Gasteiger partial charge is 0.325 e. The molecule has 0 radical (unpaired) electrons. The molecule has 9 heteroatoms. The van der Waals surface area contributed by atoms with Crippen LogP contribution in [0.25, 0.3) is 0 Å². The third kappa shape index (κ3) is 4.33. The van der Waals surface area contributed by atoms with Gasteiger partial charge in [-0.25, -0.2) is 0 Å². The summed E-state index contributed by atoms with van der Waals surface area (Å²) in [5.41, 5.74) is -0.419. The number of halogens is 3. The first kappa shape index (κ1) is 17.8. The average molecular weight is 370 g/mol. The van der Waals surface area contributed by atoms with Gasteiger partial charge in [-0.1, -0.05) is 11.8 Å². The van der Waals surface area contributed by atoms with Crippen molar-refractivity contribution in [3.63, 3.8) is 0 Å². The zero-order valence-electron chi connectivity index (χ0n) is 13.5. The molecular weight excluding hydrogens is 353 g/mol. The SMILES string of the molecule is CCn1c(SCC(=O)Nc2ccc(C(F)(F)F)cc2)nnc1C1CC1. The van der Waals surface area contributed by atoms with E-state index in [0.717, 1.165) is 37.3 Å². The molecule has 134 valence electrons. The van der Waals surface area contributed by atoms with Crippen LogP contribution in [0.5, 0.6) is 0 Å². The predicted molar refractivity (Wildman–Crippen MR) is 88.5 cm³/mol. The van der Waals surface area contributed by atoms with Crippen molar-refractivity contribution in [1.82, 2.24) is 14.8 Å². The molecule has 1 aliphatic carbocycles. The zero-order valence-corrected chi connectivity index (χ0v) is 14.3. The summed E-state index contributed by atoms with van der Waals surface area (Å²) in [5.74, 6) is 1.25. The normalized spacial score (nSPS) is 14.6. The lowest BCUT2D eigenvalue weighted by molar-refractivity contribution is -0.137. The Balaban J connectivity index is 1.56. The number of amides is 1. The van der Waals surface area contributed by atoms with Gasteiger partial charge in [-0.05, 0) is 44.0 Å². The van der Waals surface area contributed by atoms with E-state index in [1.807, 2.05) is 11.5 Å². The Morgan fingerprint density at radius 1 is 1.28 bits per heavy atom. The van der Waals surface area contributed by atoms with Crippen LogP contribution in [0.2, 0.25) is 0 Å². The molecule has 0 aliphatic heterocycles. The maximum atomic E-state index is 12.5. The third-order valence-corrected chi connectivity index (χ3v) is 4.80. The van der Waals surface area contributed by atoms with Gasteiger partial charge in [0.25, 0.3) is 0 Å². The van der Waals surface area contributed by atoms with Gasteiger partial charge in [0.2, 0.25) is 5.91 Å². The fourth-order valence-electron chi connectivity index (χ4n) is 2.42. The van der Waals surface area contributed by atoms with Crippen LogP contribution in [0.3, 0.4) is 0 Å². The molecule has 5 nitrogen and oxygen atoms in total. The summed E-state index contributed by atoms with van der Waals surface area (Å²) >= 11 is 1.27. The number of thioether (sulfide) groups is 1. The van der Waals surface area contributed by atoms with Crippen LogP contribution in [0.15, 0.2) is 29.4 Å². The lowest BCUT2D eigenvalue weighted by Crippen LogP contribution is -2.15. The molecule has 3 rings (SSSR count). The van der Waals surface area contributed by atoms with E-state index >= 15 is 0 Å². The van der Waals surface area contributed by atoms with Crippen LogP contribution in [0, 0.1) is 0 Å². The van der Waals surface area contributed by atoms with E-state index in [-0.39, 0.29) is 11.7 Å². The molecule has 2 aromatic rings. The van der Waals surface area contributed by atoms with E-state index in [4.69, 9.17) is 0 Å². The van der Waals surface area contributed by atoms with Gasteiger partial charge in [-0.2, -0.15) is 13.2 Å². The van der Waals surface area contributed by atoms with E-state index in [1.54, 1.807) is 0 Å². The number of carbonyl (C=O) groups is 1. The molecule has 0 unspecified atom stereocenters. The number of anilines is 1. The van der Waals surface area contributed by atoms with Gasteiger partial charge < -0.3 is 9.88 Å². The fourth-order valence-corrected chi connectivity index (χ4v) is 3.23. The standard InChI is InChI=1S/C16H17F3N4OS/c1-2-23-14(10-3-4-10)21-22-15(23)25-9-13(24)20-12-7-5-11(6-8-12)16(17,18)19/h5-8,10H,2-4,9H2,1H3,(H,20,24). The minimum Gasteiger partial charge on any atom is -0.325 e. The first-order valence-corrected chi connectivity index (χ1v) is 8.90. The highest BCUT2D eigenvalue weighted by Crippen LogP contribution is 2.40. The summed E-state index contributed by atoms with van der Waals surface area (Å²) in [7, 11) is 0. The molecule has 0 atom stereocenters. The van der Waals surface area contributed by atoms with Gasteiger partial charge in [0.15, 0.2) is 5.16 Å². The second-order valence-corrected chi connectivity index (χ2v) is 6.71. The Kier molecular flexibility index (Phi) is 5.03. The molecule has 1 saturated carbocycles. The number of carbonyl (C=O) groups excluding carboxylic acids is 1. The molecule has 0 saturated heterocycles. The number of benzene rings is 1. The van der Waals surface area contributed by atoms with Gasteiger partial charge in [0.1, 0.15) is 5.82 Å². The average Bonchev–Trinajstić information content (AvgIpc) is 3.32. The van der Waals surface area contributed by atoms with Gasteiger partial charge in [0.05, 0.1) is 11.3 Å². The summed E-state index contributed by atoms with van der Waals surface area (Å²) < 4.78 is 39.6. The quantitative estimate of drug-likeness (QED) is 0.783. The van der Waals surface area contributed by atoms with Crippen molar-refractivity contribution in [1.29, 1.82) is 0 Å². The molecule has 25 heavy (non-hydrogen) atoms. The molecule has 0 bridgehead atoms. The van der Waals surface area contributed by atoms with Crippen LogP contribution in [0.1, 0.15) is 37.1 Å². The van der Waals surface area contributed by atoms with Crippen LogP contribution >= 0.6 is 11.8 Å². The number of nitrogens with zero attached hydrogens (tertiary/aromatic N) is 3. The maximum Gasteiger partial charge on any atom is 0.416 e. The van der Waals surface area contributed by atoms with Crippen LogP contribution < -0.4 is 5.32 Å². The highest BCUT2D eigenvalue weighted by Gasteiger charge is 2.31. The Morgan fingerprint density at radius 2 is 1.96 bits per heavy atom. The van der Waals surface area contributed by atoms with E-state index in [2.05, 4.69) is 15.5 Å². The first-order valence-electron chi connectivity index (χ1n) is 7.91. The Morgan fingerprint density at radius 3 is 2.52 bits per heavy atom. The van der Waals surface area contributed by atoms with Gasteiger partial charge in [-0.3, -0.25) is 4.79 Å². The minimum atomic E-state index is -4.39. The lowest BCUT2D eigenvalue weighted by atomic mass is 10.2. The number of nitrogens with one attached hydrogen (secondary N) is 1. The second kappa shape index (κ2) is 7.07. The molecular formula is C16H17F3N4OS. The largest absolute Gasteiger partial charge is 0.416 e. The number of hydrogen-bond donors (Lipinski definition) is 1. The Labute approximate surface area is 147 Å². The zero-order chi connectivity index (χ0) is 18.0. The molecule has 1 aromatic heterocycles. The molecule has 1 fully saturated rings. The predicted octanol–water partition coefficient (Wildman–Crippen LogP) is 3.93. The molecule has 1 N–H and O–H groups in total. The van der Waals surface area contributed by atoms with Crippen molar-refractivity contribution in [2.24, 2.45) is 0 Å². The van der Waals surface area contributed by atoms with Crippen molar-refractivity contribution >= 4 is 23.4 Å². The summed E-state index contributed by atoms with van der Waals surface area (Å²) in [6, 6.07) is 4.37. The van der Waals surface area contributed by atoms with E-state index in [0.29, 0.717) is 16.8 Å². The number of alkyl halides is 3. The molecule has 1 aromatic carbocycles. The van der Waals surface area contributed by atoms with Crippen molar-refractivity contribution in [2.75, 3.05) is 11.1 Å². The lowest BCUT2D eigenvalue weighted by Gasteiger charge is -2.09. The van der Waals surface area contributed by atoms with E-state index in [1.165, 1.54) is 23.9 Å². The minimum absolute atomic E-state index is 0.115. The summed E-state index contributed by atoms with van der Waals surface area (Å²) in [6.07, 6.45) is -2.14. The Hall–Kier alpha value is -2.03. The van der Waals surface area contributed by atoms with Gasteiger partial charge in [0, 0.05) is 18.2 Å². The van der Waals surface area contributed by atoms with Gasteiger partial charge in [-0.15, -0.1) is 10.2 Å². The first-order chi connectivity index (χ1) is 11.9. The van der Waals surface area contributed by atoms with Crippen molar-refractivity contribution in [2.45, 2.75) is 43.6 Å². The molecule has 0 spiro atoms. The topological polar surface area (TPSA) is 59.8 Å². The van der Waals surface area contributed by atoms with Crippen LogP contribution in [-0.2, 0) is 17.5 Å². The van der Waals surface area contributed by atoms with Crippen LogP contribution in [-0.4, -0.2) is 26.4 Å². The Bertz CT molecular complexity index is 754. The number of aromatic nitrogens is 3. The molecule has 1 amide bonds. The fraction of sp³-hybridized carbons (Fsp3) is 0.438. The van der Waals surface area contributed by atoms with Crippen molar-refractivity contribution in [3.05, 3.63) is 35.7 Å². The number of rotatable bonds is 6. The number of hydrogen-bond acceptors (Lipinski definition) is 4. The third-order valence-electron chi connectivity index (χ3n) is 3.83. The summed E-state index contributed by atoms with van der Waals surface area (Å²) in [6.45, 7) is 2.74. The van der Waals surface area contributed by atoms with E-state index in [9.17, 15) is 18.0 Å².